The first-order valence-corrected chi connectivity index (χ1v) is 9.22. The van der Waals surface area contributed by atoms with Crippen molar-refractivity contribution in [2.75, 3.05) is 21.0 Å². The minimum Gasteiger partial charge on any atom is -0.493 e. The molecule has 6 nitrogen and oxygen atoms in total. The fourth-order valence-corrected chi connectivity index (χ4v) is 4.16. The third-order valence-electron chi connectivity index (χ3n) is 5.26. The smallest absolute Gasteiger partial charge is 0.302 e. The van der Waals surface area contributed by atoms with Crippen molar-refractivity contribution in [2.45, 2.75) is 38.7 Å². The van der Waals surface area contributed by atoms with Gasteiger partial charge in [0.1, 0.15) is 6.10 Å². The van der Waals surface area contributed by atoms with Gasteiger partial charge < -0.3 is 18.9 Å². The minimum absolute atomic E-state index is 0.0272. The fraction of sp³-hybridized carbons (Fsp3) is 0.524. The largest absolute Gasteiger partial charge is 0.493 e. The van der Waals surface area contributed by atoms with Crippen LogP contribution in [0, 0.1) is 11.8 Å². The van der Waals surface area contributed by atoms with Crippen LogP contribution in [0.15, 0.2) is 29.8 Å². The van der Waals surface area contributed by atoms with Gasteiger partial charge in [-0.1, -0.05) is 12.1 Å². The van der Waals surface area contributed by atoms with Crippen LogP contribution in [0.25, 0.3) is 0 Å². The third kappa shape index (κ3) is 4.33. The Kier molecular flexibility index (Phi) is 6.16. The lowest BCUT2D eigenvalue weighted by Crippen LogP contribution is -2.37. The van der Waals surface area contributed by atoms with Crippen LogP contribution in [-0.4, -0.2) is 38.9 Å². The molecule has 1 aromatic carbocycles. The van der Waals surface area contributed by atoms with E-state index in [1.165, 1.54) is 6.92 Å². The number of ketones is 1. The number of hydrogen-bond acceptors (Lipinski definition) is 6. The Hall–Kier alpha value is -2.34. The number of ether oxygens (including phenoxy) is 4. The lowest BCUT2D eigenvalue weighted by Gasteiger charge is -2.33. The van der Waals surface area contributed by atoms with Crippen molar-refractivity contribution in [2.24, 2.45) is 11.8 Å². The van der Waals surface area contributed by atoms with E-state index in [1.807, 2.05) is 24.3 Å². The van der Waals surface area contributed by atoms with Gasteiger partial charge in [-0.3, -0.25) is 9.59 Å². The van der Waals surface area contributed by atoms with Crippen LogP contribution >= 0.6 is 0 Å². The summed E-state index contributed by atoms with van der Waals surface area (Å²) in [6.07, 6.45) is 4.43. The Morgan fingerprint density at radius 2 is 2.04 bits per heavy atom. The van der Waals surface area contributed by atoms with Crippen molar-refractivity contribution in [3.63, 3.8) is 0 Å². The lowest BCUT2D eigenvalue weighted by atomic mass is 9.75. The number of fused-ring (bicyclic) bond motifs is 1. The summed E-state index contributed by atoms with van der Waals surface area (Å²) < 4.78 is 21.5. The molecule has 3 rings (SSSR count). The van der Waals surface area contributed by atoms with Gasteiger partial charge in [-0.2, -0.15) is 0 Å². The molecule has 0 unspecified atom stereocenters. The molecule has 0 heterocycles. The van der Waals surface area contributed by atoms with E-state index in [9.17, 15) is 9.59 Å². The van der Waals surface area contributed by atoms with Gasteiger partial charge in [0.15, 0.2) is 24.1 Å². The van der Waals surface area contributed by atoms with Crippen molar-refractivity contribution in [3.05, 3.63) is 35.4 Å². The van der Waals surface area contributed by atoms with Crippen LogP contribution in [0.5, 0.6) is 11.5 Å². The van der Waals surface area contributed by atoms with Gasteiger partial charge in [-0.05, 0) is 48.4 Å². The normalized spacial score (nSPS) is 24.2. The van der Waals surface area contributed by atoms with Crippen LogP contribution in [-0.2, 0) is 25.5 Å². The van der Waals surface area contributed by atoms with Gasteiger partial charge in [0, 0.05) is 26.4 Å². The van der Waals surface area contributed by atoms with Gasteiger partial charge >= 0.3 is 5.97 Å². The summed E-state index contributed by atoms with van der Waals surface area (Å²) in [7, 11) is 3.16. The molecule has 0 radical (unpaired) electrons. The Bertz CT molecular complexity index is 738. The van der Waals surface area contributed by atoms with Crippen molar-refractivity contribution in [1.82, 2.24) is 0 Å². The quantitative estimate of drug-likeness (QED) is 0.540. The molecule has 27 heavy (non-hydrogen) atoms. The first-order valence-electron chi connectivity index (χ1n) is 9.22. The van der Waals surface area contributed by atoms with E-state index >= 15 is 0 Å². The molecule has 0 bridgehead atoms. The van der Waals surface area contributed by atoms with Gasteiger partial charge in [0.25, 0.3) is 0 Å². The zero-order valence-electron chi connectivity index (χ0n) is 16.0. The van der Waals surface area contributed by atoms with E-state index in [0.717, 1.165) is 24.0 Å². The summed E-state index contributed by atoms with van der Waals surface area (Å²) in [4.78, 5) is 23.8. The number of methoxy groups -OCH3 is 2. The second-order valence-electron chi connectivity index (χ2n) is 7.03. The first kappa shape index (κ1) is 19.4. The molecule has 0 saturated heterocycles. The van der Waals surface area contributed by atoms with E-state index in [1.54, 1.807) is 14.2 Å². The number of benzene rings is 1. The van der Waals surface area contributed by atoms with E-state index in [4.69, 9.17) is 18.9 Å². The molecule has 3 atom stereocenters. The van der Waals surface area contributed by atoms with Crippen molar-refractivity contribution in [1.29, 1.82) is 0 Å². The summed E-state index contributed by atoms with van der Waals surface area (Å²) in [5.41, 5.74) is 1.92. The maximum atomic E-state index is 12.3. The van der Waals surface area contributed by atoms with Crippen LogP contribution in [0.1, 0.15) is 31.7 Å². The third-order valence-corrected chi connectivity index (χ3v) is 5.26. The number of esters is 1. The molecule has 0 N–H and O–H groups in total. The topological polar surface area (TPSA) is 71.1 Å². The van der Waals surface area contributed by atoms with E-state index < -0.39 is 0 Å². The molecule has 0 spiro atoms. The molecule has 0 aromatic heterocycles. The molecule has 146 valence electrons. The molecule has 2 aliphatic rings. The van der Waals surface area contributed by atoms with E-state index in [2.05, 4.69) is 0 Å². The molecular formula is C21H26O6. The fourth-order valence-electron chi connectivity index (χ4n) is 4.16. The summed E-state index contributed by atoms with van der Waals surface area (Å²) in [5.74, 6) is 1.35. The maximum absolute atomic E-state index is 12.3. The minimum atomic E-state index is -0.293. The van der Waals surface area contributed by atoms with E-state index in [-0.39, 0.29) is 36.5 Å². The SMILES string of the molecule is COCOc1cc(C[C@@H]2CC=C3C(=O)CC[C@H](OC(C)=O)[C@@H]32)ccc1OC. The summed E-state index contributed by atoms with van der Waals surface area (Å²) in [6, 6.07) is 5.82. The van der Waals surface area contributed by atoms with Gasteiger partial charge in [-0.25, -0.2) is 0 Å². The lowest BCUT2D eigenvalue weighted by molar-refractivity contribution is -0.151. The van der Waals surface area contributed by atoms with Crippen LogP contribution in [0.2, 0.25) is 0 Å². The highest BCUT2D eigenvalue weighted by molar-refractivity contribution is 5.97. The average molecular weight is 374 g/mol. The molecular weight excluding hydrogens is 348 g/mol. The summed E-state index contributed by atoms with van der Waals surface area (Å²) >= 11 is 0. The highest BCUT2D eigenvalue weighted by Gasteiger charge is 2.43. The monoisotopic (exact) mass is 374 g/mol. The van der Waals surface area contributed by atoms with Crippen LogP contribution in [0.4, 0.5) is 0 Å². The zero-order valence-corrected chi connectivity index (χ0v) is 16.0. The Morgan fingerprint density at radius 3 is 2.74 bits per heavy atom. The van der Waals surface area contributed by atoms with Crippen LogP contribution in [0.3, 0.4) is 0 Å². The Labute approximate surface area is 159 Å². The summed E-state index contributed by atoms with van der Waals surface area (Å²) in [6.45, 7) is 1.56. The average Bonchev–Trinajstić information content (AvgIpc) is 3.07. The molecule has 6 heteroatoms. The molecule has 1 fully saturated rings. The Balaban J connectivity index is 1.78. The van der Waals surface area contributed by atoms with Crippen LogP contribution < -0.4 is 9.47 Å². The van der Waals surface area contributed by atoms with Crippen molar-refractivity contribution >= 4 is 11.8 Å². The van der Waals surface area contributed by atoms with Gasteiger partial charge in [0.05, 0.1) is 7.11 Å². The predicted molar refractivity (Wildman–Crippen MR) is 98.7 cm³/mol. The number of carbonyl (C=O) groups excluding carboxylic acids is 2. The maximum Gasteiger partial charge on any atom is 0.302 e. The zero-order chi connectivity index (χ0) is 19.4. The number of hydrogen-bond donors (Lipinski definition) is 0. The highest BCUT2D eigenvalue weighted by Crippen LogP contribution is 2.43. The van der Waals surface area contributed by atoms with Gasteiger partial charge in [0.2, 0.25) is 0 Å². The van der Waals surface area contributed by atoms with Crippen molar-refractivity contribution in [3.8, 4) is 11.5 Å². The number of carbonyl (C=O) groups is 2. The molecule has 0 amide bonds. The first-order chi connectivity index (χ1) is 13.0. The second-order valence-corrected chi connectivity index (χ2v) is 7.03. The standard InChI is InChI=1S/C21H26O6/c1-13(22)27-19-9-7-17(23)16-6-5-15(21(16)19)10-14-4-8-18(25-3)20(11-14)26-12-24-2/h4,6,8,11,15,19,21H,5,7,9-10,12H2,1-3H3/t15-,19-,21+/m0/s1. The number of allylic oxidation sites excluding steroid dienone is 1. The summed E-state index contributed by atoms with van der Waals surface area (Å²) in [5, 5.41) is 0. The Morgan fingerprint density at radius 1 is 1.22 bits per heavy atom. The predicted octanol–water partition coefficient (Wildman–Crippen LogP) is 3.08. The molecule has 1 saturated carbocycles. The second kappa shape index (κ2) is 8.57. The van der Waals surface area contributed by atoms with Gasteiger partial charge in [-0.15, -0.1) is 0 Å². The highest BCUT2D eigenvalue weighted by atomic mass is 16.7. The van der Waals surface area contributed by atoms with E-state index in [0.29, 0.717) is 24.3 Å². The van der Waals surface area contributed by atoms with Crippen molar-refractivity contribution < 1.29 is 28.5 Å². The molecule has 2 aliphatic carbocycles. The molecule has 1 aromatic rings. The number of rotatable bonds is 7. The number of Topliss-reactive ketones (excluding diaryl/α,β-unsaturated/α-hetero) is 1. The molecule has 0 aliphatic heterocycles.